The summed E-state index contributed by atoms with van der Waals surface area (Å²) in [6, 6.07) is 3.54. The van der Waals surface area contributed by atoms with Crippen LogP contribution in [-0.4, -0.2) is 43.2 Å². The van der Waals surface area contributed by atoms with Crippen LogP contribution in [0.2, 0.25) is 0 Å². The SMILES string of the molecule is CCCSc1nnc(NC(=O)/C=C/c2ccc(OC)c(OC)c2OC)s1. The fraction of sp³-hybridized carbons (Fsp3) is 0.353. The van der Waals surface area contributed by atoms with Crippen molar-refractivity contribution < 1.29 is 19.0 Å². The number of ether oxygens (including phenoxy) is 3. The number of methoxy groups -OCH3 is 3. The van der Waals surface area contributed by atoms with E-state index in [-0.39, 0.29) is 5.91 Å². The molecular weight excluding hydrogens is 374 g/mol. The monoisotopic (exact) mass is 395 g/mol. The van der Waals surface area contributed by atoms with Crippen LogP contribution in [0.15, 0.2) is 22.5 Å². The molecule has 7 nitrogen and oxygen atoms in total. The summed E-state index contributed by atoms with van der Waals surface area (Å²) < 4.78 is 16.8. The summed E-state index contributed by atoms with van der Waals surface area (Å²) in [7, 11) is 4.62. The Labute approximate surface area is 160 Å². The Morgan fingerprint density at radius 3 is 2.62 bits per heavy atom. The molecule has 1 aromatic carbocycles. The van der Waals surface area contributed by atoms with Crippen LogP contribution in [0.1, 0.15) is 18.9 Å². The van der Waals surface area contributed by atoms with Gasteiger partial charge in [-0.2, -0.15) is 0 Å². The van der Waals surface area contributed by atoms with E-state index in [9.17, 15) is 4.79 Å². The van der Waals surface area contributed by atoms with Crippen molar-refractivity contribution in [2.75, 3.05) is 32.4 Å². The number of hydrogen-bond acceptors (Lipinski definition) is 8. The van der Waals surface area contributed by atoms with Crippen LogP contribution in [0, 0.1) is 0 Å². The second-order valence-corrected chi connectivity index (χ2v) is 7.29. The largest absolute Gasteiger partial charge is 0.493 e. The lowest BCUT2D eigenvalue weighted by molar-refractivity contribution is -0.111. The Morgan fingerprint density at radius 1 is 1.19 bits per heavy atom. The molecule has 9 heteroatoms. The maximum absolute atomic E-state index is 12.1. The Balaban J connectivity index is 2.09. The highest BCUT2D eigenvalue weighted by molar-refractivity contribution is 8.01. The highest BCUT2D eigenvalue weighted by Crippen LogP contribution is 2.40. The number of carbonyl (C=O) groups is 1. The van der Waals surface area contributed by atoms with Gasteiger partial charge in [0.2, 0.25) is 16.8 Å². The van der Waals surface area contributed by atoms with Gasteiger partial charge in [-0.05, 0) is 24.6 Å². The summed E-state index contributed by atoms with van der Waals surface area (Å²) in [6.45, 7) is 2.10. The van der Waals surface area contributed by atoms with Crippen LogP contribution in [0.3, 0.4) is 0 Å². The average molecular weight is 396 g/mol. The minimum absolute atomic E-state index is 0.301. The van der Waals surface area contributed by atoms with E-state index in [0.29, 0.717) is 27.9 Å². The molecular formula is C17H21N3O4S2. The predicted octanol–water partition coefficient (Wildman–Crippen LogP) is 3.72. The van der Waals surface area contributed by atoms with Crippen molar-refractivity contribution in [3.8, 4) is 17.2 Å². The molecule has 0 fully saturated rings. The molecule has 140 valence electrons. The van der Waals surface area contributed by atoms with Crippen molar-refractivity contribution in [3.05, 3.63) is 23.8 Å². The summed E-state index contributed by atoms with van der Waals surface area (Å²) in [6.07, 6.45) is 4.11. The number of nitrogens with one attached hydrogen (secondary N) is 1. The summed E-state index contributed by atoms with van der Waals surface area (Å²) in [5, 5.41) is 11.2. The van der Waals surface area contributed by atoms with E-state index in [0.717, 1.165) is 16.5 Å². The molecule has 1 heterocycles. The molecule has 0 atom stereocenters. The lowest BCUT2D eigenvalue weighted by Crippen LogP contribution is -2.07. The molecule has 26 heavy (non-hydrogen) atoms. The smallest absolute Gasteiger partial charge is 0.250 e. The van der Waals surface area contributed by atoms with Gasteiger partial charge in [-0.15, -0.1) is 10.2 Å². The van der Waals surface area contributed by atoms with Gasteiger partial charge in [0.25, 0.3) is 0 Å². The van der Waals surface area contributed by atoms with Crippen molar-refractivity contribution in [3.63, 3.8) is 0 Å². The summed E-state index contributed by atoms with van der Waals surface area (Å²) in [4.78, 5) is 12.1. The summed E-state index contributed by atoms with van der Waals surface area (Å²) in [5.41, 5.74) is 0.691. The van der Waals surface area contributed by atoms with Gasteiger partial charge >= 0.3 is 0 Å². The molecule has 2 rings (SSSR count). The molecule has 0 saturated carbocycles. The van der Waals surface area contributed by atoms with Gasteiger partial charge in [0, 0.05) is 17.4 Å². The number of hydrogen-bond donors (Lipinski definition) is 1. The van der Waals surface area contributed by atoms with Gasteiger partial charge in [0.1, 0.15) is 0 Å². The van der Waals surface area contributed by atoms with Crippen molar-refractivity contribution in [1.29, 1.82) is 0 Å². The van der Waals surface area contributed by atoms with Crippen LogP contribution in [0.5, 0.6) is 17.2 Å². The van der Waals surface area contributed by atoms with Crippen LogP contribution in [0.4, 0.5) is 5.13 Å². The Bertz CT molecular complexity index is 777. The first-order valence-electron chi connectivity index (χ1n) is 7.87. The number of rotatable bonds is 9. The topological polar surface area (TPSA) is 82.6 Å². The number of nitrogens with zero attached hydrogens (tertiary/aromatic N) is 2. The van der Waals surface area contributed by atoms with Crippen LogP contribution in [-0.2, 0) is 4.79 Å². The molecule has 0 spiro atoms. The van der Waals surface area contributed by atoms with E-state index >= 15 is 0 Å². The Morgan fingerprint density at radius 2 is 1.96 bits per heavy atom. The lowest BCUT2D eigenvalue weighted by Gasteiger charge is -2.13. The molecule has 1 N–H and O–H groups in total. The van der Waals surface area contributed by atoms with Crippen LogP contribution in [0.25, 0.3) is 6.08 Å². The van der Waals surface area contributed by atoms with Gasteiger partial charge in [-0.3, -0.25) is 10.1 Å². The number of aromatic nitrogens is 2. The molecule has 0 saturated heterocycles. The number of amides is 1. The van der Waals surface area contributed by atoms with Gasteiger partial charge in [-0.25, -0.2) is 0 Å². The minimum atomic E-state index is -0.301. The highest BCUT2D eigenvalue weighted by Gasteiger charge is 2.14. The van der Waals surface area contributed by atoms with Gasteiger partial charge < -0.3 is 14.2 Å². The van der Waals surface area contributed by atoms with Crippen LogP contribution < -0.4 is 19.5 Å². The zero-order chi connectivity index (χ0) is 18.9. The number of carbonyl (C=O) groups excluding carboxylic acids is 1. The maximum Gasteiger partial charge on any atom is 0.250 e. The molecule has 0 bridgehead atoms. The lowest BCUT2D eigenvalue weighted by atomic mass is 10.1. The number of anilines is 1. The average Bonchev–Trinajstić information content (AvgIpc) is 3.10. The molecule has 1 aromatic heterocycles. The molecule has 2 aromatic rings. The molecule has 0 aliphatic heterocycles. The van der Waals surface area contributed by atoms with E-state index in [1.165, 1.54) is 31.6 Å². The fourth-order valence-electron chi connectivity index (χ4n) is 2.08. The molecule has 0 radical (unpaired) electrons. The van der Waals surface area contributed by atoms with E-state index in [4.69, 9.17) is 14.2 Å². The second kappa shape index (κ2) is 10.0. The van der Waals surface area contributed by atoms with Gasteiger partial charge in [0.05, 0.1) is 21.3 Å². The van der Waals surface area contributed by atoms with Crippen molar-refractivity contribution in [2.24, 2.45) is 0 Å². The van der Waals surface area contributed by atoms with Crippen molar-refractivity contribution in [1.82, 2.24) is 10.2 Å². The predicted molar refractivity (Wildman–Crippen MR) is 105 cm³/mol. The zero-order valence-electron chi connectivity index (χ0n) is 15.1. The van der Waals surface area contributed by atoms with Gasteiger partial charge in [0.15, 0.2) is 15.8 Å². The second-order valence-electron chi connectivity index (χ2n) is 4.97. The molecule has 0 aliphatic carbocycles. The van der Waals surface area contributed by atoms with E-state index < -0.39 is 0 Å². The third kappa shape index (κ3) is 5.12. The Kier molecular flexibility index (Phi) is 7.73. The maximum atomic E-state index is 12.1. The van der Waals surface area contributed by atoms with Crippen LogP contribution >= 0.6 is 23.1 Å². The number of benzene rings is 1. The van der Waals surface area contributed by atoms with Crippen molar-refractivity contribution >= 4 is 40.2 Å². The zero-order valence-corrected chi connectivity index (χ0v) is 16.7. The van der Waals surface area contributed by atoms with E-state index in [1.54, 1.807) is 37.1 Å². The summed E-state index contributed by atoms with van der Waals surface area (Å²) in [5.74, 6) is 2.19. The summed E-state index contributed by atoms with van der Waals surface area (Å²) >= 11 is 2.98. The third-order valence-electron chi connectivity index (χ3n) is 3.22. The quantitative estimate of drug-likeness (QED) is 0.394. The first kappa shape index (κ1) is 20.1. The van der Waals surface area contributed by atoms with E-state index in [1.807, 2.05) is 0 Å². The normalized spacial score (nSPS) is 10.8. The van der Waals surface area contributed by atoms with Gasteiger partial charge in [-0.1, -0.05) is 30.0 Å². The molecule has 1 amide bonds. The first-order valence-corrected chi connectivity index (χ1v) is 9.67. The van der Waals surface area contributed by atoms with E-state index in [2.05, 4.69) is 22.4 Å². The molecule has 0 aliphatic rings. The highest BCUT2D eigenvalue weighted by atomic mass is 32.2. The number of thioether (sulfide) groups is 1. The molecule has 0 unspecified atom stereocenters. The standard InChI is InChI=1S/C17H21N3O4S2/c1-5-10-25-17-20-19-16(26-17)18-13(21)9-7-11-6-8-12(22-2)15(24-4)14(11)23-3/h6-9H,5,10H2,1-4H3,(H,18,19,21)/b9-7+. The minimum Gasteiger partial charge on any atom is -0.493 e. The first-order chi connectivity index (χ1) is 12.6. The third-order valence-corrected chi connectivity index (χ3v) is 5.39. The van der Waals surface area contributed by atoms with Crippen molar-refractivity contribution in [2.45, 2.75) is 17.7 Å². The Hall–Kier alpha value is -2.26. The fourth-order valence-corrected chi connectivity index (χ4v) is 3.76.